The van der Waals surface area contributed by atoms with E-state index in [0.717, 1.165) is 28.3 Å². The zero-order chi connectivity index (χ0) is 25.0. The van der Waals surface area contributed by atoms with Gasteiger partial charge in [0.2, 0.25) is 0 Å². The lowest BCUT2D eigenvalue weighted by Gasteiger charge is -2.40. The van der Waals surface area contributed by atoms with Crippen LogP contribution in [0.15, 0.2) is 30.3 Å². The Morgan fingerprint density at radius 2 is 1.94 bits per heavy atom. The normalized spacial score (nSPS) is 15.6. The van der Waals surface area contributed by atoms with E-state index in [2.05, 4.69) is 18.8 Å². The predicted molar refractivity (Wildman–Crippen MR) is 130 cm³/mol. The van der Waals surface area contributed by atoms with E-state index in [1.54, 1.807) is 32.8 Å². The van der Waals surface area contributed by atoms with Crippen molar-refractivity contribution in [1.82, 2.24) is 9.88 Å². The Bertz CT molecular complexity index is 1050. The van der Waals surface area contributed by atoms with Gasteiger partial charge in [-0.15, -0.1) is 0 Å². The number of pyridine rings is 1. The molecule has 1 aliphatic heterocycles. The number of fused-ring (bicyclic) bond motifs is 1. The first-order valence-corrected chi connectivity index (χ1v) is 11.9. The molecule has 0 fully saturated rings. The van der Waals surface area contributed by atoms with Crippen molar-refractivity contribution in [3.05, 3.63) is 52.8 Å². The number of carbonyl (C=O) groups is 2. The van der Waals surface area contributed by atoms with E-state index in [1.165, 1.54) is 0 Å². The number of benzene rings is 1. The molecule has 0 radical (unpaired) electrons. The van der Waals surface area contributed by atoms with Crippen molar-refractivity contribution in [2.75, 3.05) is 13.7 Å². The first-order valence-electron chi connectivity index (χ1n) is 11.9. The number of ketones is 1. The summed E-state index contributed by atoms with van der Waals surface area (Å²) < 4.78 is 17.1. The van der Waals surface area contributed by atoms with Crippen LogP contribution in [-0.2, 0) is 22.6 Å². The monoisotopic (exact) mass is 468 g/mol. The third-order valence-electron chi connectivity index (χ3n) is 6.26. The van der Waals surface area contributed by atoms with Crippen LogP contribution >= 0.6 is 0 Å². The van der Waals surface area contributed by atoms with E-state index in [4.69, 9.17) is 14.2 Å². The van der Waals surface area contributed by atoms with Crippen molar-refractivity contribution in [3.63, 3.8) is 0 Å². The van der Waals surface area contributed by atoms with Crippen molar-refractivity contribution in [3.8, 4) is 11.5 Å². The van der Waals surface area contributed by atoms with Crippen LogP contribution < -0.4 is 9.47 Å². The highest BCUT2D eigenvalue weighted by atomic mass is 16.6. The summed E-state index contributed by atoms with van der Waals surface area (Å²) in [6, 6.07) is 9.65. The average molecular weight is 469 g/mol. The summed E-state index contributed by atoms with van der Waals surface area (Å²) in [5, 5.41) is 0. The van der Waals surface area contributed by atoms with Crippen LogP contribution in [0.2, 0.25) is 0 Å². The van der Waals surface area contributed by atoms with Crippen molar-refractivity contribution < 1.29 is 23.8 Å². The van der Waals surface area contributed by atoms with Crippen molar-refractivity contribution in [2.45, 2.75) is 72.6 Å². The quantitative estimate of drug-likeness (QED) is 0.514. The summed E-state index contributed by atoms with van der Waals surface area (Å²) in [4.78, 5) is 31.6. The minimum absolute atomic E-state index is 0.0964. The van der Waals surface area contributed by atoms with Crippen LogP contribution in [0.25, 0.3) is 0 Å². The Kier molecular flexibility index (Phi) is 7.85. The Morgan fingerprint density at radius 1 is 1.21 bits per heavy atom. The molecule has 2 heterocycles. The van der Waals surface area contributed by atoms with Crippen LogP contribution in [0.5, 0.6) is 11.5 Å². The average Bonchev–Trinajstić information content (AvgIpc) is 2.80. The van der Waals surface area contributed by atoms with Gasteiger partial charge in [0.05, 0.1) is 13.2 Å². The van der Waals surface area contributed by atoms with Crippen LogP contribution in [0, 0.1) is 12.8 Å². The molecule has 1 aromatic carbocycles. The van der Waals surface area contributed by atoms with E-state index < -0.39 is 11.7 Å². The molecule has 1 amide bonds. The number of hydrogen-bond donors (Lipinski definition) is 0. The molecule has 3 rings (SSSR count). The maximum absolute atomic E-state index is 13.1. The van der Waals surface area contributed by atoms with Gasteiger partial charge in [-0.1, -0.05) is 26.8 Å². The smallest absolute Gasteiger partial charge is 0.411 e. The summed E-state index contributed by atoms with van der Waals surface area (Å²) in [5.74, 6) is 1.52. The lowest BCUT2D eigenvalue weighted by molar-refractivity contribution is -0.135. The number of hydrogen-bond acceptors (Lipinski definition) is 6. The number of ether oxygens (including phenoxy) is 3. The van der Waals surface area contributed by atoms with Gasteiger partial charge in [-0.3, -0.25) is 9.78 Å². The predicted octanol–water partition coefficient (Wildman–Crippen LogP) is 5.43. The molecule has 0 saturated carbocycles. The van der Waals surface area contributed by atoms with Crippen molar-refractivity contribution in [1.29, 1.82) is 0 Å². The summed E-state index contributed by atoms with van der Waals surface area (Å²) in [6.45, 7) is 12.0. The Hall–Kier alpha value is -3.09. The lowest BCUT2D eigenvalue weighted by Crippen LogP contribution is -2.47. The zero-order valence-corrected chi connectivity index (χ0v) is 21.3. The summed E-state index contributed by atoms with van der Waals surface area (Å²) in [7, 11) is 1.62. The lowest BCUT2D eigenvalue weighted by atomic mass is 9.86. The molecular formula is C27H36N2O5. The molecule has 34 heavy (non-hydrogen) atoms. The fourth-order valence-electron chi connectivity index (χ4n) is 4.45. The number of amides is 1. The van der Waals surface area contributed by atoms with Gasteiger partial charge in [-0.25, -0.2) is 4.79 Å². The second-order valence-electron chi connectivity index (χ2n) is 9.54. The van der Waals surface area contributed by atoms with Crippen LogP contribution in [0.4, 0.5) is 4.79 Å². The zero-order valence-electron chi connectivity index (χ0n) is 21.3. The molecule has 2 aromatic rings. The Labute approximate surface area is 202 Å². The number of methoxy groups -OCH3 is 1. The van der Waals surface area contributed by atoms with Crippen LogP contribution in [-0.4, -0.2) is 41.0 Å². The fraction of sp³-hybridized carbons (Fsp3) is 0.519. The number of aryl methyl sites for hydroxylation is 1. The van der Waals surface area contributed by atoms with Gasteiger partial charge in [0.15, 0.2) is 11.4 Å². The maximum atomic E-state index is 13.1. The summed E-state index contributed by atoms with van der Waals surface area (Å²) in [6.07, 6.45) is 0.553. The number of nitrogens with zero attached hydrogens (tertiary/aromatic N) is 2. The third-order valence-corrected chi connectivity index (χ3v) is 6.26. The molecule has 0 saturated heterocycles. The first kappa shape index (κ1) is 25.5. The summed E-state index contributed by atoms with van der Waals surface area (Å²) >= 11 is 0. The van der Waals surface area contributed by atoms with E-state index >= 15 is 0 Å². The summed E-state index contributed by atoms with van der Waals surface area (Å²) in [5.41, 5.74) is 2.74. The second kappa shape index (κ2) is 10.5. The van der Waals surface area contributed by atoms with Gasteiger partial charge in [-0.05, 0) is 68.5 Å². The molecule has 1 atom stereocenters. The first-order chi connectivity index (χ1) is 16.1. The molecule has 0 bridgehead atoms. The third kappa shape index (κ3) is 5.51. The molecule has 0 spiro atoms. The van der Waals surface area contributed by atoms with E-state index in [-0.39, 0.29) is 17.7 Å². The molecule has 184 valence electrons. The Morgan fingerprint density at radius 3 is 2.59 bits per heavy atom. The number of aromatic nitrogens is 1. The molecular weight excluding hydrogens is 432 g/mol. The highest BCUT2D eigenvalue weighted by molar-refractivity contribution is 5.88. The van der Waals surface area contributed by atoms with E-state index in [9.17, 15) is 9.59 Å². The van der Waals surface area contributed by atoms with Gasteiger partial charge >= 0.3 is 6.09 Å². The molecule has 0 unspecified atom stereocenters. The SMILES string of the molecule is CCC(=O)C(C)(C)OC(=O)N1CCc2cc(OCc3nc(C)ccc3OC)ccc2[C@@H]1C(C)C. The standard InChI is InChI=1S/C27H36N2O5/c1-8-24(30)27(5,6)34-26(31)29-14-13-19-15-20(10-11-21(19)25(29)17(2)3)33-16-22-23(32-7)12-9-18(4)28-22/h9-12,15,17,25H,8,13-14,16H2,1-7H3/t25-/m0/s1. The number of rotatable bonds is 8. The fourth-order valence-corrected chi connectivity index (χ4v) is 4.45. The van der Waals surface area contributed by atoms with Gasteiger partial charge in [0.25, 0.3) is 0 Å². The molecule has 0 N–H and O–H groups in total. The second-order valence-corrected chi connectivity index (χ2v) is 9.54. The van der Waals surface area contributed by atoms with Crippen molar-refractivity contribution in [2.24, 2.45) is 5.92 Å². The highest BCUT2D eigenvalue weighted by Crippen LogP contribution is 2.38. The highest BCUT2D eigenvalue weighted by Gasteiger charge is 2.38. The van der Waals surface area contributed by atoms with Gasteiger partial charge < -0.3 is 19.1 Å². The molecule has 7 nitrogen and oxygen atoms in total. The molecule has 0 aliphatic carbocycles. The molecule has 7 heteroatoms. The minimum Gasteiger partial charge on any atom is -0.495 e. The Balaban J connectivity index is 1.79. The van der Waals surface area contributed by atoms with Crippen LogP contribution in [0.3, 0.4) is 0 Å². The minimum atomic E-state index is -1.14. The topological polar surface area (TPSA) is 78.0 Å². The largest absolute Gasteiger partial charge is 0.495 e. The molecule has 1 aromatic heterocycles. The van der Waals surface area contributed by atoms with Gasteiger partial charge in [0.1, 0.15) is 23.8 Å². The molecule has 1 aliphatic rings. The maximum Gasteiger partial charge on any atom is 0.411 e. The van der Waals surface area contributed by atoms with Gasteiger partial charge in [0, 0.05) is 18.7 Å². The van der Waals surface area contributed by atoms with E-state index in [0.29, 0.717) is 31.7 Å². The van der Waals surface area contributed by atoms with Crippen LogP contribution in [0.1, 0.15) is 69.6 Å². The van der Waals surface area contributed by atoms with Gasteiger partial charge in [-0.2, -0.15) is 0 Å². The number of carbonyl (C=O) groups excluding carboxylic acids is 2. The van der Waals surface area contributed by atoms with E-state index in [1.807, 2.05) is 37.3 Å². The number of Topliss-reactive ketones (excluding diaryl/α,β-unsaturated/α-hetero) is 1. The van der Waals surface area contributed by atoms with Crippen molar-refractivity contribution >= 4 is 11.9 Å².